The fourth-order valence-corrected chi connectivity index (χ4v) is 1.62. The maximum absolute atomic E-state index is 6.05. The molecule has 2 aromatic rings. The van der Waals surface area contributed by atoms with E-state index in [9.17, 15) is 0 Å². The highest BCUT2D eigenvalue weighted by atomic mass is 15.1. The van der Waals surface area contributed by atoms with Crippen molar-refractivity contribution in [1.29, 1.82) is 0 Å². The molecule has 2 heterocycles. The van der Waals surface area contributed by atoms with Crippen LogP contribution < -0.4 is 5.73 Å². The zero-order valence-corrected chi connectivity index (χ0v) is 9.24. The number of aryl methyl sites for hydroxylation is 1. The van der Waals surface area contributed by atoms with Gasteiger partial charge < -0.3 is 10.3 Å². The molecule has 5 heteroatoms. The SMILES string of the molecule is CCn1ccnc1CC(N)c1cnccn1. The normalized spacial score (nSPS) is 12.6. The zero-order valence-electron chi connectivity index (χ0n) is 9.24. The molecule has 84 valence electrons. The summed E-state index contributed by atoms with van der Waals surface area (Å²) in [5.41, 5.74) is 6.85. The van der Waals surface area contributed by atoms with E-state index < -0.39 is 0 Å². The van der Waals surface area contributed by atoms with Gasteiger partial charge in [0, 0.05) is 43.9 Å². The molecule has 0 spiro atoms. The lowest BCUT2D eigenvalue weighted by Crippen LogP contribution is -2.17. The molecule has 0 saturated heterocycles. The molecule has 5 nitrogen and oxygen atoms in total. The minimum absolute atomic E-state index is 0.151. The second kappa shape index (κ2) is 4.85. The van der Waals surface area contributed by atoms with E-state index in [-0.39, 0.29) is 6.04 Å². The second-order valence-electron chi connectivity index (χ2n) is 3.57. The van der Waals surface area contributed by atoms with Crippen LogP contribution in [0.3, 0.4) is 0 Å². The van der Waals surface area contributed by atoms with Gasteiger partial charge in [-0.3, -0.25) is 9.97 Å². The Kier molecular flexibility index (Phi) is 3.26. The van der Waals surface area contributed by atoms with E-state index in [4.69, 9.17) is 5.73 Å². The van der Waals surface area contributed by atoms with Gasteiger partial charge in [-0.15, -0.1) is 0 Å². The van der Waals surface area contributed by atoms with Crippen molar-refractivity contribution >= 4 is 0 Å². The fraction of sp³-hybridized carbons (Fsp3) is 0.364. The summed E-state index contributed by atoms with van der Waals surface area (Å²) in [5, 5.41) is 0. The van der Waals surface area contributed by atoms with E-state index in [0.717, 1.165) is 18.1 Å². The van der Waals surface area contributed by atoms with Gasteiger partial charge in [0.2, 0.25) is 0 Å². The first-order valence-electron chi connectivity index (χ1n) is 5.32. The van der Waals surface area contributed by atoms with Gasteiger partial charge in [0.25, 0.3) is 0 Å². The van der Waals surface area contributed by atoms with Crippen LogP contribution in [0, 0.1) is 0 Å². The van der Waals surface area contributed by atoms with Crippen molar-refractivity contribution in [2.24, 2.45) is 5.73 Å². The third-order valence-electron chi connectivity index (χ3n) is 2.51. The van der Waals surface area contributed by atoms with Crippen molar-refractivity contribution in [2.75, 3.05) is 0 Å². The van der Waals surface area contributed by atoms with Crippen molar-refractivity contribution in [3.05, 3.63) is 42.5 Å². The minimum atomic E-state index is -0.151. The number of nitrogens with zero attached hydrogens (tertiary/aromatic N) is 4. The van der Waals surface area contributed by atoms with E-state index in [0.29, 0.717) is 6.42 Å². The van der Waals surface area contributed by atoms with Crippen LogP contribution in [-0.2, 0) is 13.0 Å². The number of aromatic nitrogens is 4. The van der Waals surface area contributed by atoms with Crippen LogP contribution >= 0.6 is 0 Å². The number of imidazole rings is 1. The van der Waals surface area contributed by atoms with Gasteiger partial charge in [-0.25, -0.2) is 4.98 Å². The summed E-state index contributed by atoms with van der Waals surface area (Å²) in [6, 6.07) is -0.151. The molecule has 0 aliphatic heterocycles. The van der Waals surface area contributed by atoms with Crippen LogP contribution in [0.5, 0.6) is 0 Å². The topological polar surface area (TPSA) is 69.6 Å². The van der Waals surface area contributed by atoms with E-state index in [1.807, 2.05) is 6.20 Å². The molecule has 0 aromatic carbocycles. The second-order valence-corrected chi connectivity index (χ2v) is 3.57. The molecule has 0 fully saturated rings. The average molecular weight is 217 g/mol. The van der Waals surface area contributed by atoms with E-state index >= 15 is 0 Å². The quantitative estimate of drug-likeness (QED) is 0.827. The van der Waals surface area contributed by atoms with E-state index in [2.05, 4.69) is 26.4 Å². The van der Waals surface area contributed by atoms with Gasteiger partial charge in [-0.05, 0) is 6.92 Å². The molecule has 2 N–H and O–H groups in total. The molecule has 16 heavy (non-hydrogen) atoms. The van der Waals surface area contributed by atoms with Crippen LogP contribution in [0.1, 0.15) is 24.5 Å². The highest BCUT2D eigenvalue weighted by Crippen LogP contribution is 2.11. The van der Waals surface area contributed by atoms with Gasteiger partial charge in [-0.1, -0.05) is 0 Å². The maximum Gasteiger partial charge on any atom is 0.110 e. The van der Waals surface area contributed by atoms with Gasteiger partial charge >= 0.3 is 0 Å². The lowest BCUT2D eigenvalue weighted by Gasteiger charge is -2.11. The molecular formula is C11H15N5. The Hall–Kier alpha value is -1.75. The summed E-state index contributed by atoms with van der Waals surface area (Å²) in [6.07, 6.45) is 9.43. The predicted octanol–water partition coefficient (Wildman–Crippen LogP) is 0.935. The standard InChI is InChI=1S/C11H15N5/c1-2-16-6-5-15-11(16)7-9(12)10-8-13-3-4-14-10/h3-6,8-9H,2,7,12H2,1H3. The Labute approximate surface area is 94.4 Å². The lowest BCUT2D eigenvalue weighted by atomic mass is 10.1. The Morgan fingerprint density at radius 3 is 2.88 bits per heavy atom. The van der Waals surface area contributed by atoms with Crippen molar-refractivity contribution < 1.29 is 0 Å². The average Bonchev–Trinajstić information content (AvgIpc) is 2.77. The third-order valence-corrected chi connectivity index (χ3v) is 2.51. The fourth-order valence-electron chi connectivity index (χ4n) is 1.62. The number of hydrogen-bond donors (Lipinski definition) is 1. The first-order valence-corrected chi connectivity index (χ1v) is 5.32. The monoisotopic (exact) mass is 217 g/mol. The molecular weight excluding hydrogens is 202 g/mol. The molecule has 1 atom stereocenters. The summed E-state index contributed by atoms with van der Waals surface area (Å²) < 4.78 is 2.08. The number of rotatable bonds is 4. The van der Waals surface area contributed by atoms with Gasteiger partial charge in [0.1, 0.15) is 5.82 Å². The van der Waals surface area contributed by atoms with Crippen LogP contribution in [0.15, 0.2) is 31.0 Å². The van der Waals surface area contributed by atoms with Gasteiger partial charge in [0.15, 0.2) is 0 Å². The van der Waals surface area contributed by atoms with E-state index in [1.165, 1.54) is 0 Å². The molecule has 2 rings (SSSR count). The molecule has 0 radical (unpaired) electrons. The summed E-state index contributed by atoms with van der Waals surface area (Å²) in [5.74, 6) is 0.987. The molecule has 0 aliphatic rings. The molecule has 0 bridgehead atoms. The minimum Gasteiger partial charge on any atom is -0.335 e. The Bertz CT molecular complexity index is 437. The van der Waals surface area contributed by atoms with Crippen molar-refractivity contribution in [1.82, 2.24) is 19.5 Å². The zero-order chi connectivity index (χ0) is 11.4. The Morgan fingerprint density at radius 2 is 2.19 bits per heavy atom. The Morgan fingerprint density at radius 1 is 1.31 bits per heavy atom. The molecule has 1 unspecified atom stereocenters. The highest BCUT2D eigenvalue weighted by Gasteiger charge is 2.11. The first kappa shape index (κ1) is 10.8. The third kappa shape index (κ3) is 2.25. The predicted molar refractivity (Wildman–Crippen MR) is 60.6 cm³/mol. The number of nitrogens with two attached hydrogens (primary N) is 1. The smallest absolute Gasteiger partial charge is 0.110 e. The molecule has 0 aliphatic carbocycles. The van der Waals surface area contributed by atoms with Crippen LogP contribution in [0.4, 0.5) is 0 Å². The summed E-state index contributed by atoms with van der Waals surface area (Å²) in [7, 11) is 0. The Balaban J connectivity index is 2.11. The summed E-state index contributed by atoms with van der Waals surface area (Å²) >= 11 is 0. The van der Waals surface area contributed by atoms with Crippen molar-refractivity contribution in [3.8, 4) is 0 Å². The highest BCUT2D eigenvalue weighted by molar-refractivity contribution is 5.06. The van der Waals surface area contributed by atoms with Crippen molar-refractivity contribution in [2.45, 2.75) is 25.9 Å². The van der Waals surface area contributed by atoms with Crippen LogP contribution in [-0.4, -0.2) is 19.5 Å². The lowest BCUT2D eigenvalue weighted by molar-refractivity contribution is 0.615. The van der Waals surface area contributed by atoms with Crippen molar-refractivity contribution in [3.63, 3.8) is 0 Å². The summed E-state index contributed by atoms with van der Waals surface area (Å²) in [6.45, 7) is 2.99. The number of hydrogen-bond acceptors (Lipinski definition) is 4. The first-order chi connectivity index (χ1) is 7.81. The van der Waals surface area contributed by atoms with Gasteiger partial charge in [-0.2, -0.15) is 0 Å². The van der Waals surface area contributed by atoms with E-state index in [1.54, 1.807) is 24.8 Å². The molecule has 0 amide bonds. The largest absolute Gasteiger partial charge is 0.335 e. The molecule has 2 aromatic heterocycles. The molecule has 0 saturated carbocycles. The van der Waals surface area contributed by atoms with Gasteiger partial charge in [0.05, 0.1) is 11.7 Å². The van der Waals surface area contributed by atoms with Crippen LogP contribution in [0.25, 0.3) is 0 Å². The summed E-state index contributed by atoms with van der Waals surface area (Å²) in [4.78, 5) is 12.5. The maximum atomic E-state index is 6.05. The van der Waals surface area contributed by atoms with Crippen LogP contribution in [0.2, 0.25) is 0 Å².